The van der Waals surface area contributed by atoms with Gasteiger partial charge in [-0.05, 0) is 48.8 Å². The fraction of sp³-hybridized carbons (Fsp3) is 0.200. The Balaban J connectivity index is 1.63. The monoisotopic (exact) mass is 479 g/mol. The van der Waals surface area contributed by atoms with Crippen LogP contribution in [-0.4, -0.2) is 34.5 Å². The van der Waals surface area contributed by atoms with E-state index in [0.717, 1.165) is 17.7 Å². The molecule has 4 aromatic rings. The van der Waals surface area contributed by atoms with Crippen molar-refractivity contribution < 1.29 is 13.9 Å². The molecule has 2 aromatic heterocycles. The summed E-state index contributed by atoms with van der Waals surface area (Å²) in [6.45, 7) is 1.67. The van der Waals surface area contributed by atoms with E-state index in [0.29, 0.717) is 15.2 Å². The zero-order valence-corrected chi connectivity index (χ0v) is 18.5. The molecule has 31 heavy (non-hydrogen) atoms. The van der Waals surface area contributed by atoms with Gasteiger partial charge in [0.15, 0.2) is 10.2 Å². The van der Waals surface area contributed by atoms with E-state index in [1.807, 2.05) is 12.1 Å². The van der Waals surface area contributed by atoms with Crippen LogP contribution in [-0.2, 0) is 12.1 Å². The van der Waals surface area contributed by atoms with Crippen LogP contribution in [0.15, 0.2) is 59.5 Å². The summed E-state index contributed by atoms with van der Waals surface area (Å²) in [7, 11) is 0. The first-order valence-corrected chi connectivity index (χ1v) is 11.1. The lowest BCUT2D eigenvalue weighted by Crippen LogP contribution is -2.41. The summed E-state index contributed by atoms with van der Waals surface area (Å²) in [5.74, 6) is -1.03. The third-order valence-electron chi connectivity index (χ3n) is 4.73. The molecule has 2 heterocycles. The molecule has 0 amide bonds. The molecule has 0 aliphatic heterocycles. The Morgan fingerprint density at radius 3 is 2.68 bits per heavy atom. The SMILES string of the molecule is C[C@@H](Sc1nc(-c2ccc(Cl)cc2)ns1)[C@](O)(Cn1cncn1)c1ccc(F)cc1F. The van der Waals surface area contributed by atoms with E-state index in [2.05, 4.69) is 19.4 Å². The van der Waals surface area contributed by atoms with Gasteiger partial charge >= 0.3 is 0 Å². The molecule has 0 aliphatic carbocycles. The molecule has 0 spiro atoms. The van der Waals surface area contributed by atoms with Crippen molar-refractivity contribution in [1.82, 2.24) is 24.1 Å². The van der Waals surface area contributed by atoms with Crippen LogP contribution in [0.25, 0.3) is 11.4 Å². The fourth-order valence-corrected chi connectivity index (χ4v) is 5.18. The van der Waals surface area contributed by atoms with Crippen LogP contribution in [0.3, 0.4) is 0 Å². The summed E-state index contributed by atoms with van der Waals surface area (Å²) in [6, 6.07) is 10.3. The highest BCUT2D eigenvalue weighted by Crippen LogP contribution is 2.40. The number of halogens is 3. The molecule has 1 N–H and O–H groups in total. The first-order chi connectivity index (χ1) is 14.8. The van der Waals surface area contributed by atoms with Gasteiger partial charge in [0.1, 0.15) is 29.9 Å². The summed E-state index contributed by atoms with van der Waals surface area (Å²) >= 11 is 8.34. The fourth-order valence-electron chi connectivity index (χ4n) is 3.06. The molecule has 0 fully saturated rings. The van der Waals surface area contributed by atoms with Crippen molar-refractivity contribution in [2.75, 3.05) is 0 Å². The van der Waals surface area contributed by atoms with E-state index in [-0.39, 0.29) is 12.1 Å². The highest BCUT2D eigenvalue weighted by Gasteiger charge is 2.40. The maximum Gasteiger partial charge on any atom is 0.174 e. The molecule has 0 unspecified atom stereocenters. The minimum atomic E-state index is -1.72. The molecular formula is C20H16ClF2N5OS2. The maximum absolute atomic E-state index is 14.6. The number of hydrogen-bond acceptors (Lipinski definition) is 7. The van der Waals surface area contributed by atoms with Crippen LogP contribution in [0.1, 0.15) is 12.5 Å². The molecule has 4 rings (SSSR count). The number of thioether (sulfide) groups is 1. The number of benzene rings is 2. The Labute approximate surface area is 190 Å². The first kappa shape index (κ1) is 21.8. The van der Waals surface area contributed by atoms with Crippen molar-refractivity contribution in [3.8, 4) is 11.4 Å². The van der Waals surface area contributed by atoms with Crippen molar-refractivity contribution in [3.05, 3.63) is 77.3 Å². The lowest BCUT2D eigenvalue weighted by Gasteiger charge is -2.33. The number of nitrogens with zero attached hydrogens (tertiary/aromatic N) is 5. The molecule has 2 atom stereocenters. The number of aliphatic hydroxyl groups is 1. The van der Waals surface area contributed by atoms with Gasteiger partial charge in [0.2, 0.25) is 0 Å². The molecule has 0 saturated carbocycles. The first-order valence-electron chi connectivity index (χ1n) is 9.12. The molecule has 11 heteroatoms. The Kier molecular flexibility index (Phi) is 6.33. The van der Waals surface area contributed by atoms with E-state index in [9.17, 15) is 13.9 Å². The van der Waals surface area contributed by atoms with E-state index < -0.39 is 22.5 Å². The average Bonchev–Trinajstić information content (AvgIpc) is 3.40. The van der Waals surface area contributed by atoms with Gasteiger partial charge in [0, 0.05) is 27.5 Å². The zero-order chi connectivity index (χ0) is 22.0. The lowest BCUT2D eigenvalue weighted by molar-refractivity contribution is 0.0133. The summed E-state index contributed by atoms with van der Waals surface area (Å²) in [4.78, 5) is 8.39. The van der Waals surface area contributed by atoms with Gasteiger partial charge < -0.3 is 5.11 Å². The van der Waals surface area contributed by atoms with Gasteiger partial charge in [-0.25, -0.2) is 23.4 Å². The van der Waals surface area contributed by atoms with Gasteiger partial charge in [-0.15, -0.1) is 0 Å². The van der Waals surface area contributed by atoms with Crippen molar-refractivity contribution >= 4 is 34.9 Å². The van der Waals surface area contributed by atoms with Crippen LogP contribution in [0.5, 0.6) is 0 Å². The molecule has 0 saturated heterocycles. The maximum atomic E-state index is 14.6. The van der Waals surface area contributed by atoms with Crippen LogP contribution in [0.2, 0.25) is 5.02 Å². The van der Waals surface area contributed by atoms with Gasteiger partial charge in [-0.3, -0.25) is 0 Å². The van der Waals surface area contributed by atoms with Crippen LogP contribution in [0.4, 0.5) is 8.78 Å². The smallest absolute Gasteiger partial charge is 0.174 e. The van der Waals surface area contributed by atoms with Crippen molar-refractivity contribution in [2.24, 2.45) is 0 Å². The van der Waals surface area contributed by atoms with E-state index in [4.69, 9.17) is 11.6 Å². The lowest BCUT2D eigenvalue weighted by atomic mass is 9.90. The summed E-state index contributed by atoms with van der Waals surface area (Å²) in [5.41, 5.74) is -0.947. The second kappa shape index (κ2) is 8.99. The van der Waals surface area contributed by atoms with E-state index in [1.165, 1.54) is 46.7 Å². The molecule has 2 aromatic carbocycles. The normalized spacial score (nSPS) is 14.4. The molecule has 160 valence electrons. The topological polar surface area (TPSA) is 76.7 Å². The van der Waals surface area contributed by atoms with Gasteiger partial charge in [-0.1, -0.05) is 29.4 Å². The van der Waals surface area contributed by atoms with Crippen molar-refractivity contribution in [2.45, 2.75) is 28.7 Å². The molecule has 0 bridgehead atoms. The molecule has 0 radical (unpaired) electrons. The van der Waals surface area contributed by atoms with E-state index >= 15 is 0 Å². The third kappa shape index (κ3) is 4.77. The average molecular weight is 480 g/mol. The summed E-state index contributed by atoms with van der Waals surface area (Å²) in [6.07, 6.45) is 2.75. The van der Waals surface area contributed by atoms with E-state index in [1.54, 1.807) is 19.1 Å². The van der Waals surface area contributed by atoms with Gasteiger partial charge in [0.25, 0.3) is 0 Å². The predicted molar refractivity (Wildman–Crippen MR) is 116 cm³/mol. The molecule has 0 aliphatic rings. The van der Waals surface area contributed by atoms with Crippen LogP contribution < -0.4 is 0 Å². The Morgan fingerprint density at radius 1 is 1.23 bits per heavy atom. The Hall–Kier alpha value is -2.40. The number of aromatic nitrogens is 5. The molecule has 6 nitrogen and oxygen atoms in total. The standard InChI is InChI=1S/C20H16ClF2N5OS2/c1-12(30-19-26-18(27-31-19)13-2-4-14(21)5-3-13)20(29,9-28-11-24-10-25-28)16-7-6-15(22)8-17(16)23/h2-8,10-12,29H,9H2,1H3/t12-,20-/m1/s1. The Bertz CT molecular complexity index is 1170. The second-order valence-electron chi connectivity index (χ2n) is 6.79. The zero-order valence-electron chi connectivity index (χ0n) is 16.1. The highest BCUT2D eigenvalue weighted by molar-refractivity contribution is 8.01. The van der Waals surface area contributed by atoms with Gasteiger partial charge in [0.05, 0.1) is 6.54 Å². The highest BCUT2D eigenvalue weighted by atomic mass is 35.5. The Morgan fingerprint density at radius 2 is 2.00 bits per heavy atom. The van der Waals surface area contributed by atoms with Crippen LogP contribution >= 0.6 is 34.9 Å². The number of hydrogen-bond donors (Lipinski definition) is 1. The van der Waals surface area contributed by atoms with Crippen LogP contribution in [0, 0.1) is 11.6 Å². The largest absolute Gasteiger partial charge is 0.382 e. The van der Waals surface area contributed by atoms with Crippen molar-refractivity contribution in [3.63, 3.8) is 0 Å². The van der Waals surface area contributed by atoms with Gasteiger partial charge in [-0.2, -0.15) is 9.47 Å². The number of rotatable bonds is 7. The molecular weight excluding hydrogens is 464 g/mol. The summed E-state index contributed by atoms with van der Waals surface area (Å²) in [5, 5.41) is 15.6. The summed E-state index contributed by atoms with van der Waals surface area (Å²) < 4.78 is 34.5. The quantitative estimate of drug-likeness (QED) is 0.384. The second-order valence-corrected chi connectivity index (χ2v) is 9.57. The minimum Gasteiger partial charge on any atom is -0.382 e. The third-order valence-corrected chi connectivity index (χ3v) is 7.04. The minimum absolute atomic E-state index is 0.0353. The predicted octanol–water partition coefficient (Wildman–Crippen LogP) is 4.80. The van der Waals surface area contributed by atoms with Crippen molar-refractivity contribution in [1.29, 1.82) is 0 Å².